The third-order valence-corrected chi connectivity index (χ3v) is 4.30. The van der Waals surface area contributed by atoms with E-state index in [4.69, 9.17) is 0 Å². The first-order valence-corrected chi connectivity index (χ1v) is 8.94. The number of anilines is 1. The lowest BCUT2D eigenvalue weighted by Crippen LogP contribution is -2.30. The third kappa shape index (κ3) is 5.20. The van der Waals surface area contributed by atoms with Gasteiger partial charge in [0.1, 0.15) is 11.6 Å². The number of amides is 1. The van der Waals surface area contributed by atoms with E-state index in [1.165, 1.54) is 31.3 Å². The smallest absolute Gasteiger partial charge is 0.266 e. The molecule has 0 aliphatic carbocycles. The highest BCUT2D eigenvalue weighted by atomic mass is 79.9. The lowest BCUT2D eigenvalue weighted by Gasteiger charge is -2.19. The zero-order valence-electron chi connectivity index (χ0n) is 14.6. The van der Waals surface area contributed by atoms with E-state index in [9.17, 15) is 23.1 Å². The Kier molecular flexibility index (Phi) is 7.20. The molecule has 9 heteroatoms. The Morgan fingerprint density at radius 1 is 1.30 bits per heavy atom. The first-order chi connectivity index (χ1) is 12.7. The molecular weight excluding hydrogens is 427 g/mol. The minimum Gasteiger partial charge on any atom is -0.394 e. The minimum absolute atomic E-state index is 0.0395. The van der Waals surface area contributed by atoms with Crippen molar-refractivity contribution in [1.29, 1.82) is 0 Å². The molecular formula is C18H19BrF3N3O2. The van der Waals surface area contributed by atoms with E-state index < -0.39 is 29.8 Å². The molecule has 27 heavy (non-hydrogen) atoms. The van der Waals surface area contributed by atoms with E-state index in [0.717, 1.165) is 6.07 Å². The Morgan fingerprint density at radius 3 is 2.59 bits per heavy atom. The van der Waals surface area contributed by atoms with Gasteiger partial charge in [-0.1, -0.05) is 18.2 Å². The summed E-state index contributed by atoms with van der Waals surface area (Å²) in [4.78, 5) is 16.8. The number of aliphatic hydroxyl groups excluding tert-OH is 1. The largest absolute Gasteiger partial charge is 0.394 e. The van der Waals surface area contributed by atoms with Crippen molar-refractivity contribution in [3.05, 3.63) is 57.4 Å². The number of nitrogens with one attached hydrogen (secondary N) is 2. The van der Waals surface area contributed by atoms with Crippen molar-refractivity contribution in [2.24, 2.45) is 0 Å². The number of hydrogen-bond acceptors (Lipinski definition) is 4. The summed E-state index contributed by atoms with van der Waals surface area (Å²) in [5.74, 6) is -1.36. The number of aliphatic hydroxyl groups is 1. The van der Waals surface area contributed by atoms with Gasteiger partial charge in [0.05, 0.1) is 23.8 Å². The van der Waals surface area contributed by atoms with Gasteiger partial charge in [0, 0.05) is 22.3 Å². The van der Waals surface area contributed by atoms with Gasteiger partial charge in [0.25, 0.3) is 12.3 Å². The molecule has 1 amide bonds. The number of alkyl halides is 2. The number of pyridine rings is 1. The zero-order valence-corrected chi connectivity index (χ0v) is 16.2. The molecule has 0 saturated heterocycles. The molecule has 0 radical (unpaired) electrons. The highest BCUT2D eigenvalue weighted by molar-refractivity contribution is 9.10. The van der Waals surface area contributed by atoms with E-state index >= 15 is 0 Å². The van der Waals surface area contributed by atoms with Crippen molar-refractivity contribution in [1.82, 2.24) is 10.3 Å². The van der Waals surface area contributed by atoms with Crippen molar-refractivity contribution >= 4 is 27.7 Å². The Labute approximate surface area is 163 Å². The SMILES string of the molecule is C[C@H](CO)Nc1ncc(Br)cc1C(=O)N[C@H](C)c1cccc(C(F)F)c1F. The molecule has 0 aliphatic rings. The van der Waals surface area contributed by atoms with Crippen LogP contribution in [0.3, 0.4) is 0 Å². The molecule has 1 aromatic carbocycles. The second-order valence-corrected chi connectivity index (χ2v) is 6.94. The molecule has 0 unspecified atom stereocenters. The quantitative estimate of drug-likeness (QED) is 0.596. The van der Waals surface area contributed by atoms with E-state index in [0.29, 0.717) is 4.47 Å². The molecule has 5 nitrogen and oxygen atoms in total. The fourth-order valence-corrected chi connectivity index (χ4v) is 2.76. The molecule has 0 spiro atoms. The number of aromatic nitrogens is 1. The Balaban J connectivity index is 2.27. The summed E-state index contributed by atoms with van der Waals surface area (Å²) < 4.78 is 40.6. The van der Waals surface area contributed by atoms with Crippen LogP contribution >= 0.6 is 15.9 Å². The zero-order chi connectivity index (χ0) is 20.1. The maximum absolute atomic E-state index is 14.3. The topological polar surface area (TPSA) is 74.2 Å². The van der Waals surface area contributed by atoms with Gasteiger partial charge in [0.2, 0.25) is 0 Å². The molecule has 2 aromatic rings. The second kappa shape index (κ2) is 9.18. The summed E-state index contributed by atoms with van der Waals surface area (Å²) >= 11 is 3.23. The van der Waals surface area contributed by atoms with Crippen LogP contribution < -0.4 is 10.6 Å². The number of rotatable bonds is 7. The normalized spacial score (nSPS) is 13.3. The van der Waals surface area contributed by atoms with Crippen LogP contribution in [-0.2, 0) is 0 Å². The fraction of sp³-hybridized carbons (Fsp3) is 0.333. The number of nitrogens with zero attached hydrogens (tertiary/aromatic N) is 1. The van der Waals surface area contributed by atoms with Gasteiger partial charge in [-0.25, -0.2) is 18.2 Å². The molecule has 0 bridgehead atoms. The molecule has 1 aromatic heterocycles. The van der Waals surface area contributed by atoms with Gasteiger partial charge in [0.15, 0.2) is 0 Å². The number of benzene rings is 1. The molecule has 0 saturated carbocycles. The Morgan fingerprint density at radius 2 is 1.96 bits per heavy atom. The molecule has 146 valence electrons. The van der Waals surface area contributed by atoms with Crippen LogP contribution in [0.4, 0.5) is 19.0 Å². The lowest BCUT2D eigenvalue weighted by atomic mass is 10.0. The highest BCUT2D eigenvalue weighted by Gasteiger charge is 2.22. The first-order valence-electron chi connectivity index (χ1n) is 8.14. The summed E-state index contributed by atoms with van der Waals surface area (Å²) in [5.41, 5.74) is -0.582. The summed E-state index contributed by atoms with van der Waals surface area (Å²) in [6.07, 6.45) is -1.46. The summed E-state index contributed by atoms with van der Waals surface area (Å²) in [7, 11) is 0. The van der Waals surface area contributed by atoms with E-state index in [2.05, 4.69) is 31.5 Å². The minimum atomic E-state index is -2.95. The predicted octanol–water partition coefficient (Wildman–Crippen LogP) is 4.20. The number of carbonyl (C=O) groups excluding carboxylic acids is 1. The molecule has 2 rings (SSSR count). The fourth-order valence-electron chi connectivity index (χ4n) is 2.43. The van der Waals surface area contributed by atoms with Crippen LogP contribution in [0.25, 0.3) is 0 Å². The van der Waals surface area contributed by atoms with Gasteiger partial charge in [-0.2, -0.15) is 0 Å². The third-order valence-electron chi connectivity index (χ3n) is 3.86. The summed E-state index contributed by atoms with van der Waals surface area (Å²) in [5, 5.41) is 14.7. The van der Waals surface area contributed by atoms with Crippen LogP contribution in [0.2, 0.25) is 0 Å². The van der Waals surface area contributed by atoms with Crippen molar-refractivity contribution in [3.63, 3.8) is 0 Å². The molecule has 2 atom stereocenters. The summed E-state index contributed by atoms with van der Waals surface area (Å²) in [6.45, 7) is 3.04. The van der Waals surface area contributed by atoms with E-state index in [1.807, 2.05) is 0 Å². The van der Waals surface area contributed by atoms with Crippen LogP contribution in [0.15, 0.2) is 34.9 Å². The number of carbonyl (C=O) groups is 1. The van der Waals surface area contributed by atoms with Gasteiger partial charge >= 0.3 is 0 Å². The Bertz CT molecular complexity index is 820. The van der Waals surface area contributed by atoms with Crippen molar-refractivity contribution < 1.29 is 23.1 Å². The maximum Gasteiger partial charge on any atom is 0.266 e. The van der Waals surface area contributed by atoms with Crippen molar-refractivity contribution in [3.8, 4) is 0 Å². The Hall–Kier alpha value is -2.13. The van der Waals surface area contributed by atoms with E-state index in [1.54, 1.807) is 6.92 Å². The van der Waals surface area contributed by atoms with Crippen LogP contribution in [-0.4, -0.2) is 28.6 Å². The lowest BCUT2D eigenvalue weighted by molar-refractivity contribution is 0.0939. The van der Waals surface area contributed by atoms with Crippen molar-refractivity contribution in [2.45, 2.75) is 32.4 Å². The first kappa shape index (κ1) is 21.2. The van der Waals surface area contributed by atoms with E-state index in [-0.39, 0.29) is 29.6 Å². The summed E-state index contributed by atoms with van der Waals surface area (Å²) in [6, 6.07) is 4.00. The molecule has 0 fully saturated rings. The molecule has 0 aliphatic heterocycles. The van der Waals surface area contributed by atoms with Gasteiger partial charge in [-0.05, 0) is 35.8 Å². The highest BCUT2D eigenvalue weighted by Crippen LogP contribution is 2.27. The predicted molar refractivity (Wildman–Crippen MR) is 99.3 cm³/mol. The van der Waals surface area contributed by atoms with Gasteiger partial charge in [-0.15, -0.1) is 0 Å². The molecule has 3 N–H and O–H groups in total. The van der Waals surface area contributed by atoms with Crippen molar-refractivity contribution in [2.75, 3.05) is 11.9 Å². The monoisotopic (exact) mass is 445 g/mol. The van der Waals surface area contributed by atoms with Crippen LogP contribution in [0.5, 0.6) is 0 Å². The van der Waals surface area contributed by atoms with Crippen LogP contribution in [0.1, 0.15) is 47.8 Å². The van der Waals surface area contributed by atoms with Gasteiger partial charge in [-0.3, -0.25) is 4.79 Å². The maximum atomic E-state index is 14.3. The number of halogens is 4. The second-order valence-electron chi connectivity index (χ2n) is 6.02. The van der Waals surface area contributed by atoms with Crippen LogP contribution in [0, 0.1) is 5.82 Å². The number of hydrogen-bond donors (Lipinski definition) is 3. The standard InChI is InChI=1S/C18H19BrF3N3O2/c1-9(8-26)24-17-14(6-11(19)7-23-17)18(27)25-10(2)12-4-3-5-13(15(12)20)16(21)22/h3-7,9-10,16,26H,8H2,1-2H3,(H,23,24)(H,25,27)/t9-,10-/m1/s1. The average Bonchev–Trinajstić information content (AvgIpc) is 2.62. The molecule has 1 heterocycles. The van der Waals surface area contributed by atoms with Gasteiger partial charge < -0.3 is 15.7 Å². The average molecular weight is 446 g/mol.